The zero-order chi connectivity index (χ0) is 17.6. The minimum atomic E-state index is -3.25. The zero-order valence-corrected chi connectivity index (χ0v) is 15.1. The lowest BCUT2D eigenvalue weighted by atomic mass is 9.83. The van der Waals surface area contributed by atoms with Crippen molar-refractivity contribution in [2.24, 2.45) is 0 Å². The SMILES string of the molecule is CC(=O)NC1(C2(OCc3cccc(C)c3)CC2)CN(S(C)(=O)=O)C1. The molecule has 0 spiro atoms. The second-order valence-corrected chi connectivity index (χ2v) is 9.05. The van der Waals surface area contributed by atoms with Crippen LogP contribution in [0.15, 0.2) is 24.3 Å². The number of hydrogen-bond acceptors (Lipinski definition) is 4. The van der Waals surface area contributed by atoms with Gasteiger partial charge in [0.2, 0.25) is 15.9 Å². The molecule has 1 aliphatic heterocycles. The van der Waals surface area contributed by atoms with Gasteiger partial charge in [0.1, 0.15) is 0 Å². The Morgan fingerprint density at radius 3 is 2.50 bits per heavy atom. The van der Waals surface area contributed by atoms with Gasteiger partial charge in [-0.1, -0.05) is 29.8 Å². The molecule has 24 heavy (non-hydrogen) atoms. The van der Waals surface area contributed by atoms with Crippen LogP contribution in [0.5, 0.6) is 0 Å². The van der Waals surface area contributed by atoms with Crippen LogP contribution in [-0.4, -0.2) is 49.1 Å². The Kier molecular flexibility index (Phi) is 4.22. The third-order valence-corrected chi connectivity index (χ3v) is 6.15. The van der Waals surface area contributed by atoms with E-state index in [9.17, 15) is 13.2 Å². The third kappa shape index (κ3) is 3.20. The standard InChI is InChI=1S/C17H24N2O4S/c1-13-5-4-6-15(9-13)10-23-17(7-8-17)16(18-14(2)20)11-19(12-16)24(3,21)22/h4-6,9H,7-8,10-12H2,1-3H3,(H,18,20). The maximum absolute atomic E-state index is 11.7. The highest BCUT2D eigenvalue weighted by molar-refractivity contribution is 7.88. The minimum Gasteiger partial charge on any atom is -0.368 e. The number of hydrogen-bond donors (Lipinski definition) is 1. The fraction of sp³-hybridized carbons (Fsp3) is 0.588. The first-order chi connectivity index (χ1) is 11.2. The highest BCUT2D eigenvalue weighted by Crippen LogP contribution is 2.52. The van der Waals surface area contributed by atoms with Gasteiger partial charge in [0.15, 0.2) is 0 Å². The first-order valence-corrected chi connectivity index (χ1v) is 9.94. The van der Waals surface area contributed by atoms with Gasteiger partial charge in [0.25, 0.3) is 0 Å². The fourth-order valence-electron chi connectivity index (χ4n) is 3.51. The second kappa shape index (κ2) is 5.82. The molecule has 6 nitrogen and oxygen atoms in total. The van der Waals surface area contributed by atoms with Crippen LogP contribution in [0, 0.1) is 6.92 Å². The van der Waals surface area contributed by atoms with Crippen molar-refractivity contribution in [2.75, 3.05) is 19.3 Å². The molecule has 1 amide bonds. The van der Waals surface area contributed by atoms with Crippen molar-refractivity contribution < 1.29 is 17.9 Å². The van der Waals surface area contributed by atoms with Crippen molar-refractivity contribution in [3.8, 4) is 0 Å². The van der Waals surface area contributed by atoms with Crippen LogP contribution in [0.4, 0.5) is 0 Å². The molecule has 1 saturated carbocycles. The van der Waals surface area contributed by atoms with Crippen LogP contribution in [-0.2, 0) is 26.2 Å². The largest absolute Gasteiger partial charge is 0.368 e. The van der Waals surface area contributed by atoms with Crippen LogP contribution in [0.25, 0.3) is 0 Å². The average Bonchev–Trinajstić information content (AvgIpc) is 3.20. The summed E-state index contributed by atoms with van der Waals surface area (Å²) in [5.41, 5.74) is 1.16. The molecule has 1 saturated heterocycles. The molecular weight excluding hydrogens is 328 g/mol. The zero-order valence-electron chi connectivity index (χ0n) is 14.3. The second-order valence-electron chi connectivity index (χ2n) is 7.07. The Hall–Kier alpha value is -1.44. The summed E-state index contributed by atoms with van der Waals surface area (Å²) in [5, 5.41) is 2.98. The minimum absolute atomic E-state index is 0.159. The van der Waals surface area contributed by atoms with Crippen molar-refractivity contribution in [1.82, 2.24) is 9.62 Å². The normalized spacial score (nSPS) is 21.8. The Morgan fingerprint density at radius 2 is 2.00 bits per heavy atom. The molecule has 0 bridgehead atoms. The number of nitrogens with one attached hydrogen (secondary N) is 1. The number of amides is 1. The smallest absolute Gasteiger partial charge is 0.217 e. The van der Waals surface area contributed by atoms with E-state index < -0.39 is 21.2 Å². The number of rotatable bonds is 6. The van der Waals surface area contributed by atoms with E-state index in [1.165, 1.54) is 23.0 Å². The topological polar surface area (TPSA) is 75.7 Å². The number of nitrogens with zero attached hydrogens (tertiary/aromatic N) is 1. The maximum Gasteiger partial charge on any atom is 0.217 e. The molecule has 1 aliphatic carbocycles. The number of carbonyl (C=O) groups excluding carboxylic acids is 1. The summed E-state index contributed by atoms with van der Waals surface area (Å²) < 4.78 is 31.0. The van der Waals surface area contributed by atoms with E-state index in [1.807, 2.05) is 25.1 Å². The lowest BCUT2D eigenvalue weighted by Crippen LogP contribution is -2.77. The number of sulfonamides is 1. The highest BCUT2D eigenvalue weighted by Gasteiger charge is 2.67. The summed E-state index contributed by atoms with van der Waals surface area (Å²) in [6.45, 7) is 4.51. The van der Waals surface area contributed by atoms with Gasteiger partial charge in [-0.3, -0.25) is 4.79 Å². The average molecular weight is 352 g/mol. The summed E-state index contributed by atoms with van der Waals surface area (Å²) in [6.07, 6.45) is 2.85. The lowest BCUT2D eigenvalue weighted by Gasteiger charge is -2.53. The molecule has 1 aromatic rings. The van der Waals surface area contributed by atoms with Crippen molar-refractivity contribution in [3.05, 3.63) is 35.4 Å². The molecule has 0 radical (unpaired) electrons. The molecule has 7 heteroatoms. The van der Waals surface area contributed by atoms with Gasteiger partial charge in [-0.25, -0.2) is 8.42 Å². The van der Waals surface area contributed by atoms with E-state index >= 15 is 0 Å². The molecule has 1 N–H and O–H groups in total. The molecule has 3 rings (SSSR count). The van der Waals surface area contributed by atoms with Crippen LogP contribution in [0.3, 0.4) is 0 Å². The van der Waals surface area contributed by atoms with E-state index in [4.69, 9.17) is 4.74 Å². The van der Waals surface area contributed by atoms with Crippen molar-refractivity contribution >= 4 is 15.9 Å². The third-order valence-electron chi connectivity index (χ3n) is 4.95. The maximum atomic E-state index is 11.7. The number of carbonyl (C=O) groups is 1. The van der Waals surface area contributed by atoms with Crippen molar-refractivity contribution in [1.29, 1.82) is 0 Å². The molecular formula is C17H24N2O4S. The number of aryl methyl sites for hydroxylation is 1. The van der Waals surface area contributed by atoms with Crippen molar-refractivity contribution in [2.45, 2.75) is 44.4 Å². The van der Waals surface area contributed by atoms with Crippen LogP contribution in [0.2, 0.25) is 0 Å². The predicted octanol–water partition coefficient (Wildman–Crippen LogP) is 1.19. The van der Waals surface area contributed by atoms with E-state index in [1.54, 1.807) is 0 Å². The van der Waals surface area contributed by atoms with Gasteiger partial charge < -0.3 is 10.1 Å². The summed E-state index contributed by atoms with van der Waals surface area (Å²) in [7, 11) is -3.25. The van der Waals surface area contributed by atoms with Gasteiger partial charge in [0, 0.05) is 20.0 Å². The van der Waals surface area contributed by atoms with E-state index in [0.29, 0.717) is 6.61 Å². The first kappa shape index (κ1) is 17.4. The molecule has 0 aromatic heterocycles. The lowest BCUT2D eigenvalue weighted by molar-refractivity contribution is -0.132. The molecule has 0 atom stereocenters. The van der Waals surface area contributed by atoms with E-state index in [0.717, 1.165) is 18.4 Å². The summed E-state index contributed by atoms with van der Waals surface area (Å²) in [5.74, 6) is -0.159. The van der Waals surface area contributed by atoms with Gasteiger partial charge >= 0.3 is 0 Å². The fourth-order valence-corrected chi connectivity index (χ4v) is 4.42. The highest BCUT2D eigenvalue weighted by atomic mass is 32.2. The molecule has 2 fully saturated rings. The Morgan fingerprint density at radius 1 is 1.33 bits per heavy atom. The quantitative estimate of drug-likeness (QED) is 0.835. The molecule has 1 aromatic carbocycles. The van der Waals surface area contributed by atoms with Crippen LogP contribution in [0.1, 0.15) is 30.9 Å². The van der Waals surface area contributed by atoms with Gasteiger partial charge in [-0.15, -0.1) is 0 Å². The number of benzene rings is 1. The first-order valence-electron chi connectivity index (χ1n) is 8.09. The van der Waals surface area contributed by atoms with Crippen LogP contribution < -0.4 is 5.32 Å². The molecule has 2 aliphatic rings. The molecule has 0 unspecified atom stereocenters. The van der Waals surface area contributed by atoms with Crippen molar-refractivity contribution in [3.63, 3.8) is 0 Å². The van der Waals surface area contributed by atoms with Gasteiger partial charge in [-0.05, 0) is 25.3 Å². The summed E-state index contributed by atoms with van der Waals surface area (Å²) >= 11 is 0. The van der Waals surface area contributed by atoms with E-state index in [2.05, 4.69) is 11.4 Å². The Labute approximate surface area is 143 Å². The predicted molar refractivity (Wildman–Crippen MR) is 90.9 cm³/mol. The molecule has 132 valence electrons. The molecule has 1 heterocycles. The van der Waals surface area contributed by atoms with Gasteiger partial charge in [0.05, 0.1) is 24.0 Å². The van der Waals surface area contributed by atoms with Gasteiger partial charge in [-0.2, -0.15) is 4.31 Å². The number of ether oxygens (including phenoxy) is 1. The van der Waals surface area contributed by atoms with E-state index in [-0.39, 0.29) is 19.0 Å². The summed E-state index contributed by atoms with van der Waals surface area (Å²) in [4.78, 5) is 11.7. The summed E-state index contributed by atoms with van der Waals surface area (Å²) in [6, 6.07) is 8.11. The Balaban J connectivity index is 1.74. The Bertz CT molecular complexity index is 750. The monoisotopic (exact) mass is 352 g/mol. The van der Waals surface area contributed by atoms with Crippen LogP contribution >= 0.6 is 0 Å².